The minimum Gasteiger partial charge on any atom is -0.360 e. The van der Waals surface area contributed by atoms with Crippen molar-refractivity contribution in [1.82, 2.24) is 4.98 Å². The van der Waals surface area contributed by atoms with Gasteiger partial charge in [0.1, 0.15) is 0 Å². The van der Waals surface area contributed by atoms with Crippen molar-refractivity contribution < 1.29 is 4.79 Å². The molecule has 0 radical (unpaired) electrons. The van der Waals surface area contributed by atoms with Gasteiger partial charge in [0, 0.05) is 22.7 Å². The quantitative estimate of drug-likeness (QED) is 0.742. The van der Waals surface area contributed by atoms with E-state index in [0.29, 0.717) is 21.0 Å². The molecule has 2 aromatic rings. The highest BCUT2D eigenvalue weighted by atomic mass is 35.5. The lowest BCUT2D eigenvalue weighted by atomic mass is 10.1. The van der Waals surface area contributed by atoms with Crippen LogP contribution in [0.5, 0.6) is 0 Å². The van der Waals surface area contributed by atoms with E-state index < -0.39 is 0 Å². The third-order valence-electron chi connectivity index (χ3n) is 2.12. The molecule has 0 spiro atoms. The minimum absolute atomic E-state index is 0.0274. The molecule has 1 aromatic heterocycles. The maximum Gasteiger partial charge on any atom is 0.162 e. The smallest absolute Gasteiger partial charge is 0.162 e. The summed E-state index contributed by atoms with van der Waals surface area (Å²) in [6, 6.07) is 3.50. The van der Waals surface area contributed by atoms with Crippen molar-refractivity contribution in [1.29, 1.82) is 0 Å². The van der Waals surface area contributed by atoms with E-state index >= 15 is 0 Å². The first-order valence-corrected chi connectivity index (χ1v) is 4.83. The number of aromatic nitrogens is 1. The first-order valence-electron chi connectivity index (χ1n) is 4.07. The number of halogens is 2. The van der Waals surface area contributed by atoms with Gasteiger partial charge in [-0.1, -0.05) is 23.2 Å². The first-order chi connectivity index (χ1) is 6.61. The van der Waals surface area contributed by atoms with Crippen molar-refractivity contribution in [3.8, 4) is 0 Å². The zero-order valence-electron chi connectivity index (χ0n) is 7.40. The summed E-state index contributed by atoms with van der Waals surface area (Å²) in [6.07, 6.45) is 1.65. The van der Waals surface area contributed by atoms with Gasteiger partial charge < -0.3 is 4.98 Å². The SMILES string of the molecule is CC(=O)c1c[nH]c2ccc(Cl)c(Cl)c12. The molecule has 0 saturated heterocycles. The van der Waals surface area contributed by atoms with E-state index in [1.807, 2.05) is 0 Å². The predicted molar refractivity (Wildman–Crippen MR) is 58.3 cm³/mol. The fourth-order valence-corrected chi connectivity index (χ4v) is 1.86. The zero-order valence-corrected chi connectivity index (χ0v) is 8.91. The molecule has 0 bridgehead atoms. The fourth-order valence-electron chi connectivity index (χ4n) is 1.43. The molecule has 0 saturated carbocycles. The van der Waals surface area contributed by atoms with Gasteiger partial charge in [-0.25, -0.2) is 0 Å². The molecule has 0 fully saturated rings. The van der Waals surface area contributed by atoms with E-state index in [9.17, 15) is 4.79 Å². The molecular formula is C10H7Cl2NO. The maximum atomic E-state index is 11.3. The summed E-state index contributed by atoms with van der Waals surface area (Å²) in [7, 11) is 0. The normalized spacial score (nSPS) is 10.8. The van der Waals surface area contributed by atoms with Gasteiger partial charge in [-0.05, 0) is 19.1 Å². The second-order valence-electron chi connectivity index (χ2n) is 3.04. The molecule has 0 aliphatic rings. The maximum absolute atomic E-state index is 11.3. The number of nitrogens with one attached hydrogen (secondary N) is 1. The van der Waals surface area contributed by atoms with E-state index in [4.69, 9.17) is 23.2 Å². The molecule has 0 aliphatic carbocycles. The highest BCUT2D eigenvalue weighted by molar-refractivity contribution is 6.46. The van der Waals surface area contributed by atoms with Crippen LogP contribution in [0.2, 0.25) is 10.0 Å². The van der Waals surface area contributed by atoms with Crippen LogP contribution in [0.1, 0.15) is 17.3 Å². The molecule has 14 heavy (non-hydrogen) atoms. The number of hydrogen-bond donors (Lipinski definition) is 1. The number of carbonyl (C=O) groups excluding carboxylic acids is 1. The third-order valence-corrected chi connectivity index (χ3v) is 2.92. The van der Waals surface area contributed by atoms with Crippen LogP contribution in [0.4, 0.5) is 0 Å². The van der Waals surface area contributed by atoms with Crippen LogP contribution >= 0.6 is 23.2 Å². The Bertz CT molecular complexity index is 516. The Morgan fingerprint density at radius 2 is 2.07 bits per heavy atom. The molecule has 1 aromatic carbocycles. The monoisotopic (exact) mass is 227 g/mol. The second kappa shape index (κ2) is 3.30. The predicted octanol–water partition coefficient (Wildman–Crippen LogP) is 3.68. The lowest BCUT2D eigenvalue weighted by Crippen LogP contribution is -1.89. The Labute approximate surface area is 90.8 Å². The number of rotatable bonds is 1. The van der Waals surface area contributed by atoms with E-state index in [1.54, 1.807) is 18.3 Å². The van der Waals surface area contributed by atoms with Crippen molar-refractivity contribution >= 4 is 39.9 Å². The van der Waals surface area contributed by atoms with Gasteiger partial charge in [0.15, 0.2) is 5.78 Å². The van der Waals surface area contributed by atoms with Gasteiger partial charge in [0.25, 0.3) is 0 Å². The van der Waals surface area contributed by atoms with Crippen molar-refractivity contribution in [2.75, 3.05) is 0 Å². The number of ketones is 1. The molecule has 0 atom stereocenters. The van der Waals surface area contributed by atoms with Crippen LogP contribution in [-0.2, 0) is 0 Å². The molecule has 72 valence electrons. The first kappa shape index (κ1) is 9.56. The molecule has 2 nitrogen and oxygen atoms in total. The number of Topliss-reactive ketones (excluding diaryl/α,β-unsaturated/α-hetero) is 1. The van der Waals surface area contributed by atoms with Gasteiger partial charge in [0.2, 0.25) is 0 Å². The Morgan fingerprint density at radius 1 is 1.36 bits per heavy atom. The largest absolute Gasteiger partial charge is 0.360 e. The molecule has 1 heterocycles. The molecular weight excluding hydrogens is 221 g/mol. The summed E-state index contributed by atoms with van der Waals surface area (Å²) in [5.74, 6) is -0.0274. The Kier molecular flexibility index (Phi) is 2.25. The molecule has 0 aliphatic heterocycles. The highest BCUT2D eigenvalue weighted by Crippen LogP contribution is 2.32. The zero-order chi connectivity index (χ0) is 10.3. The number of aromatic amines is 1. The highest BCUT2D eigenvalue weighted by Gasteiger charge is 2.12. The lowest BCUT2D eigenvalue weighted by molar-refractivity contribution is 0.101. The van der Waals surface area contributed by atoms with Crippen LogP contribution in [0.25, 0.3) is 10.9 Å². The number of fused-ring (bicyclic) bond motifs is 1. The summed E-state index contributed by atoms with van der Waals surface area (Å²) in [4.78, 5) is 14.2. The third kappa shape index (κ3) is 1.31. The average Bonchev–Trinajstić information content (AvgIpc) is 2.55. The number of benzene rings is 1. The van der Waals surface area contributed by atoms with Crippen LogP contribution in [0, 0.1) is 0 Å². The molecule has 1 N–H and O–H groups in total. The van der Waals surface area contributed by atoms with Crippen molar-refractivity contribution in [2.24, 2.45) is 0 Å². The van der Waals surface area contributed by atoms with Crippen LogP contribution in [0.3, 0.4) is 0 Å². The summed E-state index contributed by atoms with van der Waals surface area (Å²) in [6.45, 7) is 1.50. The van der Waals surface area contributed by atoms with Gasteiger partial charge in [-0.15, -0.1) is 0 Å². The summed E-state index contributed by atoms with van der Waals surface area (Å²) in [5, 5.41) is 1.59. The molecule has 0 amide bonds. The van der Waals surface area contributed by atoms with Gasteiger partial charge in [-0.2, -0.15) is 0 Å². The van der Waals surface area contributed by atoms with Crippen molar-refractivity contribution in [3.05, 3.63) is 33.9 Å². The van der Waals surface area contributed by atoms with Crippen LogP contribution in [0.15, 0.2) is 18.3 Å². The topological polar surface area (TPSA) is 32.9 Å². The van der Waals surface area contributed by atoms with Crippen LogP contribution < -0.4 is 0 Å². The van der Waals surface area contributed by atoms with Crippen molar-refractivity contribution in [2.45, 2.75) is 6.92 Å². The molecule has 0 unspecified atom stereocenters. The fraction of sp³-hybridized carbons (Fsp3) is 0.100. The number of carbonyl (C=O) groups is 1. The van der Waals surface area contributed by atoms with Gasteiger partial charge in [0.05, 0.1) is 10.0 Å². The Hall–Kier alpha value is -0.990. The molecule has 2 rings (SSSR count). The van der Waals surface area contributed by atoms with E-state index in [-0.39, 0.29) is 5.78 Å². The van der Waals surface area contributed by atoms with E-state index in [1.165, 1.54) is 6.92 Å². The van der Waals surface area contributed by atoms with Crippen LogP contribution in [-0.4, -0.2) is 10.8 Å². The summed E-state index contributed by atoms with van der Waals surface area (Å²) in [5.41, 5.74) is 1.40. The van der Waals surface area contributed by atoms with Gasteiger partial charge >= 0.3 is 0 Å². The van der Waals surface area contributed by atoms with E-state index in [0.717, 1.165) is 5.52 Å². The lowest BCUT2D eigenvalue weighted by Gasteiger charge is -1.99. The van der Waals surface area contributed by atoms with Gasteiger partial charge in [-0.3, -0.25) is 4.79 Å². The summed E-state index contributed by atoms with van der Waals surface area (Å²) >= 11 is 11.9. The minimum atomic E-state index is -0.0274. The average molecular weight is 228 g/mol. The van der Waals surface area contributed by atoms with E-state index in [2.05, 4.69) is 4.98 Å². The van der Waals surface area contributed by atoms with Crippen molar-refractivity contribution in [3.63, 3.8) is 0 Å². The standard InChI is InChI=1S/C10H7Cl2NO/c1-5(14)6-4-13-8-3-2-7(11)10(12)9(6)8/h2-4,13H,1H3. The molecule has 4 heteroatoms. The second-order valence-corrected chi connectivity index (χ2v) is 3.83. The Balaban J connectivity index is 2.89. The number of H-pyrrole nitrogens is 1. The number of hydrogen-bond acceptors (Lipinski definition) is 1. The Morgan fingerprint density at radius 3 is 2.71 bits per heavy atom. The summed E-state index contributed by atoms with van der Waals surface area (Å²) < 4.78 is 0.